The Morgan fingerprint density at radius 3 is 2.45 bits per heavy atom. The fraction of sp³-hybridized carbons (Fsp3) is 0.412. The Balaban J connectivity index is 1.89. The van der Waals surface area contributed by atoms with E-state index in [1.54, 1.807) is 13.4 Å². The number of rotatable bonds is 8. The fourth-order valence-corrected chi connectivity index (χ4v) is 2.29. The van der Waals surface area contributed by atoms with Crippen molar-refractivity contribution in [2.45, 2.75) is 20.3 Å². The molecular formula is C17H24N4O. The van der Waals surface area contributed by atoms with Crippen LogP contribution in [0.25, 0.3) is 0 Å². The second kappa shape index (κ2) is 8.22. The van der Waals surface area contributed by atoms with Crippen LogP contribution in [0, 0.1) is 0 Å². The molecule has 0 saturated heterocycles. The highest BCUT2D eigenvalue weighted by molar-refractivity contribution is 5.48. The Hall–Kier alpha value is -2.30. The van der Waals surface area contributed by atoms with Crippen molar-refractivity contribution in [2.24, 2.45) is 0 Å². The van der Waals surface area contributed by atoms with Crippen LogP contribution in [-0.2, 0) is 6.42 Å². The maximum absolute atomic E-state index is 5.16. The minimum absolute atomic E-state index is 0.834. The second-order valence-corrected chi connectivity index (χ2v) is 4.96. The van der Waals surface area contributed by atoms with Crippen LogP contribution in [0.1, 0.15) is 19.4 Å². The summed E-state index contributed by atoms with van der Waals surface area (Å²) in [5.41, 5.74) is 1.27. The van der Waals surface area contributed by atoms with Gasteiger partial charge in [0, 0.05) is 25.7 Å². The SMILES string of the molecule is CCN(CC)c1cc(NCCc2ccc(OC)cc2)ncn1. The number of aromatic nitrogens is 2. The Kier molecular flexibility index (Phi) is 6.01. The number of hydrogen-bond donors (Lipinski definition) is 1. The van der Waals surface area contributed by atoms with Crippen molar-refractivity contribution in [1.29, 1.82) is 0 Å². The zero-order valence-electron chi connectivity index (χ0n) is 13.5. The van der Waals surface area contributed by atoms with Crippen molar-refractivity contribution in [3.05, 3.63) is 42.2 Å². The van der Waals surface area contributed by atoms with Crippen LogP contribution in [0.15, 0.2) is 36.7 Å². The molecule has 0 amide bonds. The molecule has 1 heterocycles. The molecule has 5 heteroatoms. The maximum Gasteiger partial charge on any atom is 0.134 e. The van der Waals surface area contributed by atoms with Crippen LogP contribution in [0.3, 0.4) is 0 Å². The van der Waals surface area contributed by atoms with E-state index in [1.165, 1.54) is 5.56 Å². The third-order valence-electron chi connectivity index (χ3n) is 3.62. The highest BCUT2D eigenvalue weighted by Crippen LogP contribution is 2.14. The molecule has 22 heavy (non-hydrogen) atoms. The standard InChI is InChI=1S/C17H24N4O/c1-4-21(5-2)17-12-16(19-13-20-17)18-11-10-14-6-8-15(22-3)9-7-14/h6-9,12-13H,4-5,10-11H2,1-3H3,(H,18,19,20). The lowest BCUT2D eigenvalue weighted by Crippen LogP contribution is -2.23. The lowest BCUT2D eigenvalue weighted by molar-refractivity contribution is 0.414. The van der Waals surface area contributed by atoms with Gasteiger partial charge in [0.25, 0.3) is 0 Å². The average Bonchev–Trinajstić information content (AvgIpc) is 2.57. The first kappa shape index (κ1) is 16.1. The Bertz CT molecular complexity index is 567. The van der Waals surface area contributed by atoms with Gasteiger partial charge in [0.1, 0.15) is 23.7 Å². The summed E-state index contributed by atoms with van der Waals surface area (Å²) in [6.07, 6.45) is 2.55. The predicted molar refractivity (Wildman–Crippen MR) is 90.8 cm³/mol. The molecule has 5 nitrogen and oxygen atoms in total. The molecule has 2 aromatic rings. The third kappa shape index (κ3) is 4.35. The summed E-state index contributed by atoms with van der Waals surface area (Å²) >= 11 is 0. The summed E-state index contributed by atoms with van der Waals surface area (Å²) in [5.74, 6) is 2.72. The summed E-state index contributed by atoms with van der Waals surface area (Å²) in [5, 5.41) is 3.36. The van der Waals surface area contributed by atoms with Gasteiger partial charge in [-0.3, -0.25) is 0 Å². The quantitative estimate of drug-likeness (QED) is 0.812. The smallest absolute Gasteiger partial charge is 0.134 e. The number of hydrogen-bond acceptors (Lipinski definition) is 5. The monoisotopic (exact) mass is 300 g/mol. The molecule has 0 radical (unpaired) electrons. The first-order chi connectivity index (χ1) is 10.8. The van der Waals surface area contributed by atoms with E-state index >= 15 is 0 Å². The van der Waals surface area contributed by atoms with Gasteiger partial charge in [-0.1, -0.05) is 12.1 Å². The number of anilines is 2. The van der Waals surface area contributed by atoms with E-state index in [-0.39, 0.29) is 0 Å². The van der Waals surface area contributed by atoms with Crippen molar-refractivity contribution in [2.75, 3.05) is 37.0 Å². The summed E-state index contributed by atoms with van der Waals surface area (Å²) < 4.78 is 5.16. The van der Waals surface area contributed by atoms with Gasteiger partial charge in [-0.05, 0) is 38.0 Å². The van der Waals surface area contributed by atoms with Gasteiger partial charge in [0.15, 0.2) is 0 Å². The second-order valence-electron chi connectivity index (χ2n) is 4.96. The molecule has 0 fully saturated rings. The summed E-state index contributed by atoms with van der Waals surface area (Å²) in [7, 11) is 1.68. The van der Waals surface area contributed by atoms with E-state index < -0.39 is 0 Å². The molecule has 0 aliphatic carbocycles. The van der Waals surface area contributed by atoms with Crippen LogP contribution in [-0.4, -0.2) is 36.7 Å². The van der Waals surface area contributed by atoms with Gasteiger partial charge in [-0.25, -0.2) is 9.97 Å². The van der Waals surface area contributed by atoms with Crippen molar-refractivity contribution in [3.63, 3.8) is 0 Å². The average molecular weight is 300 g/mol. The van der Waals surface area contributed by atoms with Gasteiger partial charge in [-0.15, -0.1) is 0 Å². The van der Waals surface area contributed by atoms with Gasteiger partial charge in [0.2, 0.25) is 0 Å². The van der Waals surface area contributed by atoms with Gasteiger partial charge >= 0.3 is 0 Å². The molecule has 0 spiro atoms. The predicted octanol–water partition coefficient (Wildman–Crippen LogP) is 2.99. The zero-order chi connectivity index (χ0) is 15.8. The lowest BCUT2D eigenvalue weighted by Gasteiger charge is -2.19. The maximum atomic E-state index is 5.16. The molecule has 1 N–H and O–H groups in total. The fourth-order valence-electron chi connectivity index (χ4n) is 2.29. The molecule has 0 aliphatic heterocycles. The molecule has 0 unspecified atom stereocenters. The first-order valence-electron chi connectivity index (χ1n) is 7.70. The number of methoxy groups -OCH3 is 1. The number of nitrogens with zero attached hydrogens (tertiary/aromatic N) is 3. The van der Waals surface area contributed by atoms with Crippen molar-refractivity contribution < 1.29 is 4.74 Å². The van der Waals surface area contributed by atoms with Gasteiger partial charge in [-0.2, -0.15) is 0 Å². The summed E-state index contributed by atoms with van der Waals surface area (Å²) in [6.45, 7) is 6.98. The summed E-state index contributed by atoms with van der Waals surface area (Å²) in [4.78, 5) is 10.8. The van der Waals surface area contributed by atoms with E-state index in [2.05, 4.69) is 46.2 Å². The van der Waals surface area contributed by atoms with Crippen LogP contribution >= 0.6 is 0 Å². The van der Waals surface area contributed by atoms with Crippen molar-refractivity contribution in [3.8, 4) is 5.75 Å². The van der Waals surface area contributed by atoms with Crippen LogP contribution in [0.4, 0.5) is 11.6 Å². The number of nitrogens with one attached hydrogen (secondary N) is 1. The summed E-state index contributed by atoms with van der Waals surface area (Å²) in [6, 6.07) is 10.1. The lowest BCUT2D eigenvalue weighted by atomic mass is 10.1. The van der Waals surface area contributed by atoms with Crippen LogP contribution in [0.5, 0.6) is 5.75 Å². The normalized spacial score (nSPS) is 10.3. The molecule has 1 aromatic heterocycles. The highest BCUT2D eigenvalue weighted by Gasteiger charge is 2.04. The minimum atomic E-state index is 0.834. The van der Waals surface area contributed by atoms with Gasteiger partial charge < -0.3 is 15.0 Å². The van der Waals surface area contributed by atoms with E-state index in [4.69, 9.17) is 4.74 Å². The molecule has 0 bridgehead atoms. The van der Waals surface area contributed by atoms with Crippen LogP contribution < -0.4 is 15.0 Å². The Morgan fingerprint density at radius 2 is 1.82 bits per heavy atom. The van der Waals surface area contributed by atoms with E-state index in [9.17, 15) is 0 Å². The molecule has 118 valence electrons. The Morgan fingerprint density at radius 1 is 1.09 bits per heavy atom. The third-order valence-corrected chi connectivity index (χ3v) is 3.62. The molecule has 0 aliphatic rings. The van der Waals surface area contributed by atoms with E-state index in [0.717, 1.165) is 43.4 Å². The first-order valence-corrected chi connectivity index (χ1v) is 7.70. The topological polar surface area (TPSA) is 50.3 Å². The largest absolute Gasteiger partial charge is 0.497 e. The minimum Gasteiger partial charge on any atom is -0.497 e. The molecular weight excluding hydrogens is 276 g/mol. The van der Waals surface area contributed by atoms with E-state index in [1.807, 2.05) is 18.2 Å². The zero-order valence-corrected chi connectivity index (χ0v) is 13.5. The molecule has 0 saturated carbocycles. The molecule has 2 rings (SSSR count). The van der Waals surface area contributed by atoms with Crippen molar-refractivity contribution >= 4 is 11.6 Å². The van der Waals surface area contributed by atoms with E-state index in [0.29, 0.717) is 0 Å². The van der Waals surface area contributed by atoms with Gasteiger partial charge in [0.05, 0.1) is 7.11 Å². The number of benzene rings is 1. The molecule has 1 aromatic carbocycles. The molecule has 0 atom stereocenters. The Labute approximate surface area is 132 Å². The number of ether oxygens (including phenoxy) is 1. The van der Waals surface area contributed by atoms with Crippen molar-refractivity contribution in [1.82, 2.24) is 9.97 Å². The highest BCUT2D eigenvalue weighted by atomic mass is 16.5. The van der Waals surface area contributed by atoms with Crippen LogP contribution in [0.2, 0.25) is 0 Å².